The van der Waals surface area contributed by atoms with E-state index in [1.807, 2.05) is 0 Å². The molecule has 0 bridgehead atoms. The van der Waals surface area contributed by atoms with Crippen molar-refractivity contribution in [3.8, 4) is 34.0 Å². The molecule has 2 N–H and O–H groups in total. The van der Waals surface area contributed by atoms with Gasteiger partial charge in [0.25, 0.3) is 5.91 Å². The third-order valence-corrected chi connectivity index (χ3v) is 6.11. The molecule has 0 saturated heterocycles. The van der Waals surface area contributed by atoms with Crippen molar-refractivity contribution < 1.29 is 32.6 Å². The molecule has 4 aromatic rings. The number of amides is 1. The van der Waals surface area contributed by atoms with Crippen molar-refractivity contribution in [1.29, 1.82) is 0 Å². The Hall–Kier alpha value is -4.54. The molecular weight excluding hydrogens is 510 g/mol. The second-order valence-corrected chi connectivity index (χ2v) is 9.48. The molecule has 1 saturated carbocycles. The van der Waals surface area contributed by atoms with Gasteiger partial charge in [0.1, 0.15) is 11.3 Å². The summed E-state index contributed by atoms with van der Waals surface area (Å²) in [6.07, 6.45) is 3.24. The number of carbonyl (C=O) groups excluding carboxylic acids is 2. The molecule has 5 rings (SSSR count). The minimum atomic E-state index is -3.01. The molecule has 1 aliphatic rings. The highest BCUT2D eigenvalue weighted by atomic mass is 19.3. The molecule has 2 aromatic heterocycles. The molecular formula is C28H26F2N4O5. The summed E-state index contributed by atoms with van der Waals surface area (Å²) >= 11 is 0. The van der Waals surface area contributed by atoms with Crippen LogP contribution in [0, 0.1) is 5.92 Å². The van der Waals surface area contributed by atoms with Crippen LogP contribution in [0.5, 0.6) is 11.5 Å². The van der Waals surface area contributed by atoms with Gasteiger partial charge in [-0.15, -0.1) is 0 Å². The zero-order valence-electron chi connectivity index (χ0n) is 21.3. The van der Waals surface area contributed by atoms with Crippen LogP contribution in [-0.2, 0) is 4.74 Å². The first kappa shape index (κ1) is 26.1. The van der Waals surface area contributed by atoms with Gasteiger partial charge in [0.15, 0.2) is 17.1 Å². The largest absolute Gasteiger partial charge is 0.489 e. The Labute approximate surface area is 222 Å². The fourth-order valence-corrected chi connectivity index (χ4v) is 4.13. The standard InChI is InChI=1S/C28H26F2N4O5/c1-15(2)38-27(36)19-5-3-4-18(12-19)24-23(25(31)35)26-32-11-10-20(34(26)33-24)17-8-9-21(39-28(29)30)22(13-17)37-14-16-6-7-16/h3-5,8-13,15-16,28H,6-7,14H2,1-2H3,(H2,31,35). The molecule has 2 aromatic carbocycles. The van der Waals surface area contributed by atoms with Crippen molar-refractivity contribution >= 4 is 17.5 Å². The number of halogens is 2. The number of fused-ring (bicyclic) bond motifs is 1. The zero-order valence-corrected chi connectivity index (χ0v) is 21.3. The Kier molecular flexibility index (Phi) is 7.14. The van der Waals surface area contributed by atoms with Gasteiger partial charge in [0, 0.05) is 17.3 Å². The first-order valence-corrected chi connectivity index (χ1v) is 12.4. The minimum Gasteiger partial charge on any atom is -0.489 e. The average Bonchev–Trinajstić information content (AvgIpc) is 3.64. The molecule has 0 spiro atoms. The molecule has 1 amide bonds. The Morgan fingerprint density at radius 2 is 1.87 bits per heavy atom. The van der Waals surface area contributed by atoms with E-state index in [9.17, 15) is 18.4 Å². The van der Waals surface area contributed by atoms with E-state index in [0.29, 0.717) is 29.3 Å². The zero-order chi connectivity index (χ0) is 27.7. The maximum absolute atomic E-state index is 13.0. The van der Waals surface area contributed by atoms with Gasteiger partial charge in [0.2, 0.25) is 0 Å². The minimum absolute atomic E-state index is 0.0640. The normalized spacial score (nSPS) is 13.2. The number of ether oxygens (including phenoxy) is 3. The quantitative estimate of drug-likeness (QED) is 0.280. The first-order chi connectivity index (χ1) is 18.7. The average molecular weight is 537 g/mol. The lowest BCUT2D eigenvalue weighted by molar-refractivity contribution is -0.0515. The summed E-state index contributed by atoms with van der Waals surface area (Å²) in [6.45, 7) is 0.877. The highest BCUT2D eigenvalue weighted by Gasteiger charge is 2.25. The summed E-state index contributed by atoms with van der Waals surface area (Å²) in [7, 11) is 0. The molecule has 0 unspecified atom stereocenters. The summed E-state index contributed by atoms with van der Waals surface area (Å²) in [4.78, 5) is 29.4. The fourth-order valence-electron chi connectivity index (χ4n) is 4.13. The van der Waals surface area contributed by atoms with Gasteiger partial charge in [0.05, 0.1) is 24.0 Å². The number of carbonyl (C=O) groups is 2. The number of rotatable bonds is 10. The number of alkyl halides is 2. The van der Waals surface area contributed by atoms with E-state index in [1.165, 1.54) is 16.8 Å². The van der Waals surface area contributed by atoms with Gasteiger partial charge in [-0.05, 0) is 69.0 Å². The summed E-state index contributed by atoms with van der Waals surface area (Å²) in [5.41, 5.74) is 8.05. The Bertz CT molecular complexity index is 1550. The van der Waals surface area contributed by atoms with Crippen LogP contribution in [0.1, 0.15) is 47.4 Å². The lowest BCUT2D eigenvalue weighted by atomic mass is 10.0. The van der Waals surface area contributed by atoms with Gasteiger partial charge in [-0.2, -0.15) is 13.9 Å². The van der Waals surface area contributed by atoms with E-state index in [1.54, 1.807) is 56.3 Å². The Morgan fingerprint density at radius 3 is 2.56 bits per heavy atom. The van der Waals surface area contributed by atoms with Crippen molar-refractivity contribution in [3.63, 3.8) is 0 Å². The molecule has 9 nitrogen and oxygen atoms in total. The summed E-state index contributed by atoms with van der Waals surface area (Å²) in [6, 6.07) is 12.8. The SMILES string of the molecule is CC(C)OC(=O)c1cccc(-c2nn3c(-c4ccc(OC(F)F)c(OCC5CC5)c4)ccnc3c2C(N)=O)c1. The number of hydrogen-bond acceptors (Lipinski definition) is 7. The van der Waals surface area contributed by atoms with Crippen molar-refractivity contribution in [2.45, 2.75) is 39.4 Å². The lowest BCUT2D eigenvalue weighted by Crippen LogP contribution is -2.13. The number of aromatic nitrogens is 3. The molecule has 0 radical (unpaired) electrons. The van der Waals surface area contributed by atoms with Crippen LogP contribution in [0.2, 0.25) is 0 Å². The maximum atomic E-state index is 13.0. The molecule has 1 fully saturated rings. The van der Waals surface area contributed by atoms with E-state index in [0.717, 1.165) is 12.8 Å². The smallest absolute Gasteiger partial charge is 0.387 e. The number of hydrogen-bond donors (Lipinski definition) is 1. The number of esters is 1. The number of nitrogens with zero attached hydrogens (tertiary/aromatic N) is 3. The number of nitrogens with two attached hydrogens (primary N) is 1. The molecule has 11 heteroatoms. The van der Waals surface area contributed by atoms with Crippen molar-refractivity contribution in [1.82, 2.24) is 14.6 Å². The second kappa shape index (κ2) is 10.7. The van der Waals surface area contributed by atoms with Gasteiger partial charge in [-0.25, -0.2) is 14.3 Å². The molecule has 202 valence electrons. The fraction of sp³-hybridized carbons (Fsp3) is 0.286. The third-order valence-electron chi connectivity index (χ3n) is 6.11. The highest BCUT2D eigenvalue weighted by Crippen LogP contribution is 2.37. The van der Waals surface area contributed by atoms with Crippen molar-refractivity contribution in [2.75, 3.05) is 6.61 Å². The molecule has 0 aliphatic heterocycles. The van der Waals surface area contributed by atoms with Crippen LogP contribution in [-0.4, -0.2) is 45.8 Å². The predicted octanol–water partition coefficient (Wildman–Crippen LogP) is 5.12. The van der Waals surface area contributed by atoms with Crippen LogP contribution < -0.4 is 15.2 Å². The van der Waals surface area contributed by atoms with E-state index in [-0.39, 0.29) is 40.1 Å². The van der Waals surface area contributed by atoms with Gasteiger partial charge < -0.3 is 19.9 Å². The Morgan fingerprint density at radius 1 is 1.08 bits per heavy atom. The molecule has 0 atom stereocenters. The summed E-state index contributed by atoms with van der Waals surface area (Å²) < 4.78 is 43.2. The van der Waals surface area contributed by atoms with Gasteiger partial charge in [-0.1, -0.05) is 12.1 Å². The first-order valence-electron chi connectivity index (χ1n) is 12.4. The third kappa shape index (κ3) is 5.66. The second-order valence-electron chi connectivity index (χ2n) is 9.48. The van der Waals surface area contributed by atoms with Crippen LogP contribution in [0.4, 0.5) is 8.78 Å². The predicted molar refractivity (Wildman–Crippen MR) is 138 cm³/mol. The van der Waals surface area contributed by atoms with Crippen LogP contribution >= 0.6 is 0 Å². The molecule has 1 aliphatic carbocycles. The monoisotopic (exact) mass is 536 g/mol. The Balaban J connectivity index is 1.61. The van der Waals surface area contributed by atoms with Gasteiger partial charge in [-0.3, -0.25) is 4.79 Å². The number of primary amides is 1. The van der Waals surface area contributed by atoms with E-state index < -0.39 is 18.5 Å². The van der Waals surface area contributed by atoms with Crippen LogP contribution in [0.15, 0.2) is 54.7 Å². The lowest BCUT2D eigenvalue weighted by Gasteiger charge is -2.14. The summed E-state index contributed by atoms with van der Waals surface area (Å²) in [5.74, 6) is -0.790. The topological polar surface area (TPSA) is 118 Å². The van der Waals surface area contributed by atoms with Crippen LogP contribution in [0.3, 0.4) is 0 Å². The van der Waals surface area contributed by atoms with Crippen LogP contribution in [0.25, 0.3) is 28.2 Å². The maximum Gasteiger partial charge on any atom is 0.387 e. The van der Waals surface area contributed by atoms with E-state index in [2.05, 4.69) is 14.8 Å². The highest BCUT2D eigenvalue weighted by molar-refractivity contribution is 6.05. The van der Waals surface area contributed by atoms with Crippen molar-refractivity contribution in [2.24, 2.45) is 11.7 Å². The molecule has 39 heavy (non-hydrogen) atoms. The van der Waals surface area contributed by atoms with E-state index in [4.69, 9.17) is 15.2 Å². The van der Waals surface area contributed by atoms with Gasteiger partial charge >= 0.3 is 12.6 Å². The molecule has 2 heterocycles. The summed E-state index contributed by atoms with van der Waals surface area (Å²) in [5, 5.41) is 4.64. The number of benzene rings is 2. The van der Waals surface area contributed by atoms with E-state index >= 15 is 0 Å². The van der Waals surface area contributed by atoms with Crippen molar-refractivity contribution in [3.05, 3.63) is 65.9 Å².